The van der Waals surface area contributed by atoms with Gasteiger partial charge in [0.2, 0.25) is 0 Å². The van der Waals surface area contributed by atoms with E-state index in [0.717, 1.165) is 5.69 Å². The van der Waals surface area contributed by atoms with Crippen LogP contribution < -0.4 is 4.90 Å². The first-order valence-corrected chi connectivity index (χ1v) is 4.81. The summed E-state index contributed by atoms with van der Waals surface area (Å²) in [6.07, 6.45) is 0.672. The predicted octanol–water partition coefficient (Wildman–Crippen LogP) is 0.564. The fraction of sp³-hybridized carbons (Fsp3) is 0.500. The molecular formula is C10H13N3O2. The van der Waals surface area contributed by atoms with Crippen LogP contribution in [0.3, 0.4) is 0 Å². The minimum absolute atomic E-state index is 0.319. The van der Waals surface area contributed by atoms with Gasteiger partial charge in [-0.2, -0.15) is 0 Å². The Labute approximate surface area is 88.1 Å². The molecule has 0 aliphatic carbocycles. The Balaban J connectivity index is 2.63. The summed E-state index contributed by atoms with van der Waals surface area (Å²) in [6, 6.07) is 0. The van der Waals surface area contributed by atoms with Gasteiger partial charge in [-0.05, 0) is 6.92 Å². The lowest BCUT2D eigenvalue weighted by molar-refractivity contribution is 0.0477. The lowest BCUT2D eigenvalue weighted by Crippen LogP contribution is -2.25. The predicted molar refractivity (Wildman–Crippen MR) is 55.1 cm³/mol. The zero-order chi connectivity index (χ0) is 11.0. The average molecular weight is 207 g/mol. The molecule has 0 spiro atoms. The van der Waals surface area contributed by atoms with Crippen molar-refractivity contribution in [1.82, 2.24) is 9.97 Å². The first-order valence-electron chi connectivity index (χ1n) is 4.81. The highest BCUT2D eigenvalue weighted by Crippen LogP contribution is 2.23. The first-order chi connectivity index (χ1) is 7.09. The van der Waals surface area contributed by atoms with E-state index < -0.39 is 0 Å². The van der Waals surface area contributed by atoms with Gasteiger partial charge < -0.3 is 9.64 Å². The summed E-state index contributed by atoms with van der Waals surface area (Å²) in [5.41, 5.74) is 1.30. The van der Waals surface area contributed by atoms with Gasteiger partial charge in [-0.15, -0.1) is 0 Å². The molecule has 1 aromatic heterocycles. The highest BCUT2D eigenvalue weighted by molar-refractivity contribution is 5.96. The fourth-order valence-corrected chi connectivity index (χ4v) is 1.64. The van der Waals surface area contributed by atoms with Gasteiger partial charge in [0.05, 0.1) is 12.3 Å². The topological polar surface area (TPSA) is 55.3 Å². The van der Waals surface area contributed by atoms with Crippen LogP contribution in [-0.4, -0.2) is 36.6 Å². The summed E-state index contributed by atoms with van der Waals surface area (Å²) in [5, 5.41) is 0. The number of hydrogen-bond donors (Lipinski definition) is 0. The van der Waals surface area contributed by atoms with Gasteiger partial charge in [0.15, 0.2) is 0 Å². The van der Waals surface area contributed by atoms with E-state index in [4.69, 9.17) is 4.74 Å². The van der Waals surface area contributed by atoms with E-state index >= 15 is 0 Å². The van der Waals surface area contributed by atoms with Crippen molar-refractivity contribution < 1.29 is 9.53 Å². The van der Waals surface area contributed by atoms with Crippen molar-refractivity contribution in [2.45, 2.75) is 13.3 Å². The van der Waals surface area contributed by atoms with Gasteiger partial charge in [0.1, 0.15) is 17.2 Å². The minimum Gasteiger partial charge on any atom is -0.462 e. The van der Waals surface area contributed by atoms with Crippen LogP contribution in [0.4, 0.5) is 5.82 Å². The number of hydrogen-bond acceptors (Lipinski definition) is 5. The van der Waals surface area contributed by atoms with Crippen LogP contribution in [0, 0.1) is 6.92 Å². The molecule has 0 unspecified atom stereocenters. The molecule has 0 fully saturated rings. The van der Waals surface area contributed by atoms with Crippen molar-refractivity contribution in [2.24, 2.45) is 0 Å². The number of aromatic nitrogens is 2. The molecule has 1 aliphatic rings. The van der Waals surface area contributed by atoms with Gasteiger partial charge >= 0.3 is 5.97 Å². The summed E-state index contributed by atoms with van der Waals surface area (Å²) in [5.74, 6) is 1.01. The van der Waals surface area contributed by atoms with E-state index in [9.17, 15) is 4.79 Å². The molecule has 2 heterocycles. The van der Waals surface area contributed by atoms with E-state index in [1.807, 2.05) is 21.0 Å². The molecule has 0 amide bonds. The number of aryl methyl sites for hydroxylation is 1. The number of nitrogens with zero attached hydrogens (tertiary/aromatic N) is 3. The molecule has 80 valence electrons. The van der Waals surface area contributed by atoms with Crippen LogP contribution in [0.2, 0.25) is 0 Å². The molecule has 1 aliphatic heterocycles. The second-order valence-electron chi connectivity index (χ2n) is 3.70. The van der Waals surface area contributed by atoms with Crippen LogP contribution in [-0.2, 0) is 11.2 Å². The van der Waals surface area contributed by atoms with Crippen molar-refractivity contribution in [3.8, 4) is 0 Å². The lowest BCUT2D eigenvalue weighted by Gasteiger charge is -2.21. The zero-order valence-corrected chi connectivity index (χ0v) is 9.07. The number of ether oxygens (including phenoxy) is 1. The Morgan fingerprint density at radius 1 is 1.33 bits per heavy atom. The van der Waals surface area contributed by atoms with Crippen LogP contribution in [0.1, 0.15) is 21.9 Å². The lowest BCUT2D eigenvalue weighted by atomic mass is 10.1. The molecular weight excluding hydrogens is 194 g/mol. The molecule has 15 heavy (non-hydrogen) atoms. The third-order valence-corrected chi connectivity index (χ3v) is 2.28. The molecule has 0 saturated heterocycles. The monoisotopic (exact) mass is 207 g/mol. The normalized spacial score (nSPS) is 14.5. The van der Waals surface area contributed by atoms with Gasteiger partial charge in [-0.3, -0.25) is 0 Å². The summed E-state index contributed by atoms with van der Waals surface area (Å²) >= 11 is 0. The molecule has 0 aromatic carbocycles. The molecule has 0 saturated carbocycles. The molecule has 0 radical (unpaired) electrons. The van der Waals surface area contributed by atoms with Crippen molar-refractivity contribution in [3.05, 3.63) is 17.1 Å². The second-order valence-corrected chi connectivity index (χ2v) is 3.70. The van der Waals surface area contributed by atoms with Gasteiger partial charge in [-0.25, -0.2) is 14.8 Å². The molecule has 0 atom stereocenters. The highest BCUT2D eigenvalue weighted by Gasteiger charge is 2.26. The quantitative estimate of drug-likeness (QED) is 0.630. The van der Waals surface area contributed by atoms with E-state index in [0.29, 0.717) is 30.2 Å². The van der Waals surface area contributed by atoms with Crippen molar-refractivity contribution >= 4 is 11.8 Å². The van der Waals surface area contributed by atoms with Crippen LogP contribution in [0.15, 0.2) is 0 Å². The summed E-state index contributed by atoms with van der Waals surface area (Å²) in [4.78, 5) is 21.9. The van der Waals surface area contributed by atoms with Crippen LogP contribution in [0.25, 0.3) is 0 Å². The number of anilines is 1. The van der Waals surface area contributed by atoms with E-state index in [1.165, 1.54) is 0 Å². The Bertz CT molecular complexity index is 415. The highest BCUT2D eigenvalue weighted by atomic mass is 16.5. The molecule has 5 heteroatoms. The van der Waals surface area contributed by atoms with Crippen LogP contribution in [0.5, 0.6) is 0 Å². The third kappa shape index (κ3) is 1.65. The Kier molecular flexibility index (Phi) is 2.30. The Morgan fingerprint density at radius 2 is 2.07 bits per heavy atom. The largest absolute Gasteiger partial charge is 0.462 e. The molecule has 0 N–H and O–H groups in total. The Morgan fingerprint density at radius 3 is 2.73 bits per heavy atom. The first kappa shape index (κ1) is 9.89. The summed E-state index contributed by atoms with van der Waals surface area (Å²) in [6.45, 7) is 2.24. The smallest absolute Gasteiger partial charge is 0.343 e. The number of cyclic esters (lactones) is 1. The number of esters is 1. The maximum absolute atomic E-state index is 11.6. The number of rotatable bonds is 1. The number of carbonyl (C=O) groups excluding carboxylic acids is 1. The third-order valence-electron chi connectivity index (χ3n) is 2.28. The van der Waals surface area contributed by atoms with Crippen molar-refractivity contribution in [1.29, 1.82) is 0 Å². The molecule has 5 nitrogen and oxygen atoms in total. The molecule has 1 aromatic rings. The minimum atomic E-state index is -0.319. The molecule has 0 bridgehead atoms. The number of carbonyl (C=O) groups is 1. The summed E-state index contributed by atoms with van der Waals surface area (Å²) in [7, 11) is 3.70. The summed E-state index contributed by atoms with van der Waals surface area (Å²) < 4.78 is 4.99. The fourth-order valence-electron chi connectivity index (χ4n) is 1.64. The van der Waals surface area contributed by atoms with Crippen LogP contribution >= 0.6 is 0 Å². The SMILES string of the molecule is Cc1nc2c(c(N(C)C)n1)C(=O)OCC2. The van der Waals surface area contributed by atoms with Gasteiger partial charge in [0, 0.05) is 20.5 Å². The maximum atomic E-state index is 11.6. The van der Waals surface area contributed by atoms with Crippen molar-refractivity contribution in [2.75, 3.05) is 25.6 Å². The van der Waals surface area contributed by atoms with Crippen molar-refractivity contribution in [3.63, 3.8) is 0 Å². The van der Waals surface area contributed by atoms with Gasteiger partial charge in [0.25, 0.3) is 0 Å². The van der Waals surface area contributed by atoms with E-state index in [-0.39, 0.29) is 5.97 Å². The maximum Gasteiger partial charge on any atom is 0.343 e. The Hall–Kier alpha value is -1.65. The standard InChI is InChI=1S/C10H13N3O2/c1-6-11-7-4-5-15-10(14)8(7)9(12-6)13(2)3/h4-5H2,1-3H3. The van der Waals surface area contributed by atoms with Gasteiger partial charge in [-0.1, -0.05) is 0 Å². The van der Waals surface area contributed by atoms with E-state index in [1.54, 1.807) is 4.90 Å². The molecule has 2 rings (SSSR count). The zero-order valence-electron chi connectivity index (χ0n) is 9.07. The van der Waals surface area contributed by atoms with E-state index in [2.05, 4.69) is 9.97 Å². The average Bonchev–Trinajstić information content (AvgIpc) is 2.16. The number of fused-ring (bicyclic) bond motifs is 1. The second kappa shape index (κ2) is 3.49.